The van der Waals surface area contributed by atoms with Gasteiger partial charge in [0.2, 0.25) is 0 Å². The highest BCUT2D eigenvalue weighted by molar-refractivity contribution is 5.79. The van der Waals surface area contributed by atoms with Crippen molar-refractivity contribution in [2.75, 3.05) is 60.0 Å². The molecule has 1 heterocycles. The van der Waals surface area contributed by atoms with Gasteiger partial charge in [-0.25, -0.2) is 0 Å². The molecule has 6 nitrogen and oxygen atoms in total. The molecule has 1 aromatic carbocycles. The number of hydrogen-bond acceptors (Lipinski definition) is 4. The summed E-state index contributed by atoms with van der Waals surface area (Å²) in [7, 11) is 4.02. The van der Waals surface area contributed by atoms with E-state index in [2.05, 4.69) is 64.5 Å². The van der Waals surface area contributed by atoms with Gasteiger partial charge in [-0.05, 0) is 51.5 Å². The Labute approximate surface area is 165 Å². The molecule has 1 fully saturated rings. The third kappa shape index (κ3) is 7.77. The van der Waals surface area contributed by atoms with Crippen LogP contribution in [0.2, 0.25) is 0 Å². The van der Waals surface area contributed by atoms with Crippen molar-refractivity contribution in [3.63, 3.8) is 0 Å². The van der Waals surface area contributed by atoms with Gasteiger partial charge in [0.25, 0.3) is 0 Å². The number of rotatable bonds is 8. The average Bonchev–Trinajstić information content (AvgIpc) is 2.88. The summed E-state index contributed by atoms with van der Waals surface area (Å²) in [6, 6.07) is 6.37. The molecule has 0 radical (unpaired) electrons. The van der Waals surface area contributed by atoms with E-state index in [-0.39, 0.29) is 0 Å². The van der Waals surface area contributed by atoms with Crippen LogP contribution in [0.4, 0.5) is 0 Å². The zero-order valence-corrected chi connectivity index (χ0v) is 17.6. The van der Waals surface area contributed by atoms with Gasteiger partial charge in [-0.15, -0.1) is 0 Å². The number of guanidine groups is 1. The van der Waals surface area contributed by atoms with E-state index in [4.69, 9.17) is 4.74 Å². The Morgan fingerprint density at radius 2 is 2.04 bits per heavy atom. The maximum absolute atomic E-state index is 5.90. The summed E-state index contributed by atoms with van der Waals surface area (Å²) in [5.74, 6) is 1.80. The van der Waals surface area contributed by atoms with Crippen molar-refractivity contribution in [3.8, 4) is 5.75 Å². The van der Waals surface area contributed by atoms with Gasteiger partial charge in [0.1, 0.15) is 5.75 Å². The largest absolute Gasteiger partial charge is 0.493 e. The van der Waals surface area contributed by atoms with Crippen LogP contribution in [-0.2, 0) is 6.54 Å². The Kier molecular flexibility index (Phi) is 9.42. The molecule has 1 aromatic rings. The standard InChI is InChI=1S/C21H37N5O/c1-5-15-27-20-16-18(2)7-8-19(20)17-24-21(22-3)23-9-12-26-11-6-10-25(4)13-14-26/h7-8,16H,5-6,9-15,17H2,1-4H3,(H2,22,23,24). The zero-order chi connectivity index (χ0) is 19.5. The molecular formula is C21H37N5O. The van der Waals surface area contributed by atoms with E-state index in [0.29, 0.717) is 6.54 Å². The molecule has 0 aliphatic carbocycles. The molecular weight excluding hydrogens is 338 g/mol. The lowest BCUT2D eigenvalue weighted by Gasteiger charge is -2.21. The van der Waals surface area contributed by atoms with E-state index >= 15 is 0 Å². The Morgan fingerprint density at radius 3 is 2.81 bits per heavy atom. The summed E-state index contributed by atoms with van der Waals surface area (Å²) in [5.41, 5.74) is 2.38. The van der Waals surface area contributed by atoms with Gasteiger partial charge in [0, 0.05) is 45.3 Å². The molecule has 0 aromatic heterocycles. The van der Waals surface area contributed by atoms with Crippen LogP contribution in [0.15, 0.2) is 23.2 Å². The first kappa shape index (κ1) is 21.5. The first-order valence-corrected chi connectivity index (χ1v) is 10.2. The molecule has 0 atom stereocenters. The van der Waals surface area contributed by atoms with Crippen LogP contribution >= 0.6 is 0 Å². The van der Waals surface area contributed by atoms with E-state index in [1.165, 1.54) is 25.1 Å². The van der Waals surface area contributed by atoms with Crippen LogP contribution in [0.25, 0.3) is 0 Å². The number of aryl methyl sites for hydroxylation is 1. The number of hydrogen-bond donors (Lipinski definition) is 2. The van der Waals surface area contributed by atoms with E-state index in [1.807, 2.05) is 7.05 Å². The molecule has 152 valence electrons. The van der Waals surface area contributed by atoms with Crippen LogP contribution in [-0.4, -0.2) is 75.7 Å². The topological polar surface area (TPSA) is 52.1 Å². The van der Waals surface area contributed by atoms with Crippen molar-refractivity contribution in [1.82, 2.24) is 20.4 Å². The highest BCUT2D eigenvalue weighted by Crippen LogP contribution is 2.20. The summed E-state index contributed by atoms with van der Waals surface area (Å²) < 4.78 is 5.90. The molecule has 0 spiro atoms. The van der Waals surface area contributed by atoms with Crippen molar-refractivity contribution < 1.29 is 4.74 Å². The summed E-state index contributed by atoms with van der Waals surface area (Å²) in [6.07, 6.45) is 2.26. The van der Waals surface area contributed by atoms with Crippen LogP contribution in [0, 0.1) is 6.92 Å². The smallest absolute Gasteiger partial charge is 0.191 e. The second-order valence-corrected chi connectivity index (χ2v) is 7.31. The fraction of sp³-hybridized carbons (Fsp3) is 0.667. The Hall–Kier alpha value is -1.79. The third-order valence-electron chi connectivity index (χ3n) is 4.89. The number of nitrogens with zero attached hydrogens (tertiary/aromatic N) is 3. The molecule has 2 rings (SSSR count). The fourth-order valence-electron chi connectivity index (χ4n) is 3.21. The number of likely N-dealkylation sites (N-methyl/N-ethyl adjacent to an activating group) is 1. The Bertz CT molecular complexity index is 590. The Morgan fingerprint density at radius 1 is 1.19 bits per heavy atom. The quantitative estimate of drug-likeness (QED) is 0.538. The zero-order valence-electron chi connectivity index (χ0n) is 17.6. The van der Waals surface area contributed by atoms with Crippen LogP contribution in [0.3, 0.4) is 0 Å². The Balaban J connectivity index is 1.78. The average molecular weight is 376 g/mol. The minimum absolute atomic E-state index is 0.702. The van der Waals surface area contributed by atoms with Crippen molar-refractivity contribution in [3.05, 3.63) is 29.3 Å². The van der Waals surface area contributed by atoms with Crippen molar-refractivity contribution in [1.29, 1.82) is 0 Å². The van der Waals surface area contributed by atoms with Crippen LogP contribution in [0.1, 0.15) is 30.9 Å². The highest BCUT2D eigenvalue weighted by atomic mass is 16.5. The first-order chi connectivity index (χ1) is 13.1. The van der Waals surface area contributed by atoms with Gasteiger partial charge < -0.3 is 25.2 Å². The molecule has 0 saturated carbocycles. The predicted octanol–water partition coefficient (Wildman–Crippen LogP) is 2.09. The van der Waals surface area contributed by atoms with E-state index in [9.17, 15) is 0 Å². The van der Waals surface area contributed by atoms with Gasteiger partial charge in [-0.3, -0.25) is 4.99 Å². The number of ether oxygens (including phenoxy) is 1. The maximum atomic E-state index is 5.90. The van der Waals surface area contributed by atoms with Gasteiger partial charge >= 0.3 is 0 Å². The number of aliphatic imine (C=N–C) groups is 1. The van der Waals surface area contributed by atoms with Crippen LogP contribution < -0.4 is 15.4 Å². The minimum Gasteiger partial charge on any atom is -0.493 e. The SMILES string of the molecule is CCCOc1cc(C)ccc1CNC(=NC)NCCN1CCCN(C)CC1. The second-order valence-electron chi connectivity index (χ2n) is 7.31. The normalized spacial score (nSPS) is 16.8. The molecule has 1 aliphatic heterocycles. The maximum Gasteiger partial charge on any atom is 0.191 e. The van der Waals surface area contributed by atoms with E-state index in [1.54, 1.807) is 0 Å². The van der Waals surface area contributed by atoms with Gasteiger partial charge in [-0.1, -0.05) is 19.1 Å². The van der Waals surface area contributed by atoms with Gasteiger partial charge in [0.05, 0.1) is 6.61 Å². The predicted molar refractivity (Wildman–Crippen MR) is 114 cm³/mol. The third-order valence-corrected chi connectivity index (χ3v) is 4.89. The van der Waals surface area contributed by atoms with E-state index in [0.717, 1.165) is 56.5 Å². The van der Waals surface area contributed by atoms with Gasteiger partial charge in [0.15, 0.2) is 5.96 Å². The monoisotopic (exact) mass is 375 g/mol. The molecule has 2 N–H and O–H groups in total. The highest BCUT2D eigenvalue weighted by Gasteiger charge is 2.11. The van der Waals surface area contributed by atoms with Crippen LogP contribution in [0.5, 0.6) is 5.75 Å². The number of benzene rings is 1. The lowest BCUT2D eigenvalue weighted by atomic mass is 10.1. The number of nitrogens with one attached hydrogen (secondary N) is 2. The van der Waals surface area contributed by atoms with E-state index < -0.39 is 0 Å². The second kappa shape index (κ2) is 11.8. The minimum atomic E-state index is 0.702. The first-order valence-electron chi connectivity index (χ1n) is 10.2. The molecule has 0 bridgehead atoms. The molecule has 27 heavy (non-hydrogen) atoms. The van der Waals surface area contributed by atoms with Crippen molar-refractivity contribution >= 4 is 5.96 Å². The molecule has 1 saturated heterocycles. The molecule has 0 amide bonds. The summed E-state index contributed by atoms with van der Waals surface area (Å²) in [6.45, 7) is 12.3. The van der Waals surface area contributed by atoms with Crippen molar-refractivity contribution in [2.24, 2.45) is 4.99 Å². The molecule has 6 heteroatoms. The lowest BCUT2D eigenvalue weighted by molar-refractivity contribution is 0.280. The molecule has 0 unspecified atom stereocenters. The summed E-state index contributed by atoms with van der Waals surface area (Å²) in [5, 5.41) is 6.85. The lowest BCUT2D eigenvalue weighted by Crippen LogP contribution is -2.42. The van der Waals surface area contributed by atoms with Crippen molar-refractivity contribution in [2.45, 2.75) is 33.2 Å². The van der Waals surface area contributed by atoms with Gasteiger partial charge in [-0.2, -0.15) is 0 Å². The molecule has 1 aliphatic rings. The fourth-order valence-corrected chi connectivity index (χ4v) is 3.21. The summed E-state index contributed by atoms with van der Waals surface area (Å²) in [4.78, 5) is 9.29. The summed E-state index contributed by atoms with van der Waals surface area (Å²) >= 11 is 0.